The molecule has 8 nitrogen and oxygen atoms in total. The van der Waals surface area contributed by atoms with Gasteiger partial charge in [0.2, 0.25) is 0 Å². The third-order valence-corrected chi connectivity index (χ3v) is 9.04. The van der Waals surface area contributed by atoms with Crippen LogP contribution in [-0.2, 0) is 6.18 Å². The Morgan fingerprint density at radius 1 is 1.09 bits per heavy atom. The van der Waals surface area contributed by atoms with Crippen LogP contribution in [0.5, 0.6) is 11.8 Å². The first-order chi connectivity index (χ1) is 21.1. The Kier molecular flexibility index (Phi) is 6.98. The Bertz CT molecular complexity index is 1810. The third-order valence-electron chi connectivity index (χ3n) is 9.04. The second-order valence-corrected chi connectivity index (χ2v) is 11.9. The van der Waals surface area contributed by atoms with Gasteiger partial charge in [-0.2, -0.15) is 23.1 Å². The van der Waals surface area contributed by atoms with Crippen LogP contribution in [0.2, 0.25) is 0 Å². The van der Waals surface area contributed by atoms with Gasteiger partial charge in [0.15, 0.2) is 5.82 Å². The molecular formula is C32H30F4N6O2. The van der Waals surface area contributed by atoms with Crippen LogP contribution in [0.4, 0.5) is 23.4 Å². The van der Waals surface area contributed by atoms with E-state index in [0.29, 0.717) is 13.1 Å². The number of likely N-dealkylation sites (N-methyl/N-ethyl adjacent to an activating group) is 1. The van der Waals surface area contributed by atoms with Crippen molar-refractivity contribution in [2.24, 2.45) is 0 Å². The highest BCUT2D eigenvalue weighted by atomic mass is 19.4. The average Bonchev–Trinajstić information content (AvgIpc) is 3.56. The number of hydrogen-bond acceptors (Lipinski definition) is 8. The summed E-state index contributed by atoms with van der Waals surface area (Å²) in [5, 5.41) is 14.4. The highest BCUT2D eigenvalue weighted by Crippen LogP contribution is 2.46. The molecule has 3 aliphatic heterocycles. The Morgan fingerprint density at radius 2 is 1.86 bits per heavy atom. The number of phenolic OH excluding ortho intramolecular Hbond substituents is 1. The first kappa shape index (κ1) is 28.6. The maximum absolute atomic E-state index is 15.2. The van der Waals surface area contributed by atoms with Crippen molar-refractivity contribution >= 4 is 27.6 Å². The number of terminal acetylenes is 1. The number of nitrogens with one attached hydrogen (secondary N) is 1. The predicted molar refractivity (Wildman–Crippen MR) is 158 cm³/mol. The minimum Gasteiger partial charge on any atom is -0.508 e. The molecule has 3 saturated heterocycles. The SMILES string of the molecule is C#Cc1c(F)ccc2cc(O)cc(-c3cnc4c(N5CC6CCC(C5)N6)nc(OCC5CCCN5C)nc4c3C(F)(F)F)c12. The number of phenols is 1. The maximum atomic E-state index is 15.2. The van der Waals surface area contributed by atoms with E-state index in [1.165, 1.54) is 12.1 Å². The quantitative estimate of drug-likeness (QED) is 0.240. The average molecular weight is 607 g/mol. The Labute approximate surface area is 251 Å². The minimum atomic E-state index is -4.92. The van der Waals surface area contributed by atoms with E-state index in [-0.39, 0.29) is 75.3 Å². The van der Waals surface area contributed by atoms with Crippen molar-refractivity contribution in [3.05, 3.63) is 47.4 Å². The normalized spacial score (nSPS) is 22.2. The number of benzene rings is 2. The second-order valence-electron chi connectivity index (χ2n) is 11.9. The fourth-order valence-electron chi connectivity index (χ4n) is 6.92. The molecule has 0 radical (unpaired) electrons. The lowest BCUT2D eigenvalue weighted by Gasteiger charge is -2.34. The lowest BCUT2D eigenvalue weighted by atomic mass is 9.91. The van der Waals surface area contributed by atoms with Crippen LogP contribution < -0.4 is 15.0 Å². The number of rotatable bonds is 5. The molecule has 7 rings (SSSR count). The number of aromatic nitrogens is 3. The van der Waals surface area contributed by atoms with E-state index in [9.17, 15) is 9.50 Å². The number of anilines is 1. The highest BCUT2D eigenvalue weighted by Gasteiger charge is 2.40. The molecule has 2 bridgehead atoms. The van der Waals surface area contributed by atoms with Gasteiger partial charge in [0.05, 0.1) is 11.1 Å². The third kappa shape index (κ3) is 4.94. The summed E-state index contributed by atoms with van der Waals surface area (Å²) in [5.74, 6) is 1.47. The zero-order valence-corrected chi connectivity index (χ0v) is 24.0. The van der Waals surface area contributed by atoms with Crippen LogP contribution >= 0.6 is 0 Å². The molecule has 3 atom stereocenters. The summed E-state index contributed by atoms with van der Waals surface area (Å²) in [4.78, 5) is 17.6. The topological polar surface area (TPSA) is 86.6 Å². The van der Waals surface area contributed by atoms with E-state index < -0.39 is 23.1 Å². The molecule has 2 aromatic heterocycles. The van der Waals surface area contributed by atoms with E-state index in [4.69, 9.17) is 11.2 Å². The molecule has 3 fully saturated rings. The number of likely N-dealkylation sites (tertiary alicyclic amines) is 1. The summed E-state index contributed by atoms with van der Waals surface area (Å²) in [6, 6.07) is 5.25. The fraction of sp³-hybridized carbons (Fsp3) is 0.406. The van der Waals surface area contributed by atoms with Crippen LogP contribution in [0.25, 0.3) is 32.9 Å². The standard InChI is InChI=1S/C32H30F4N6O2/c1-3-22-25(33)9-6-17-11-21(43)12-23(26(17)22)24-13-37-29-28(27(24)32(34,35)36)39-31(44-16-20-5-4-10-41(20)2)40-30(29)42-14-18-7-8-19(15-42)38-18/h1,6,9,11-13,18-20,38,43H,4-5,7-8,10,14-16H2,2H3. The van der Waals surface area contributed by atoms with Crippen molar-refractivity contribution in [2.45, 2.75) is 50.0 Å². The van der Waals surface area contributed by atoms with Gasteiger partial charge in [-0.25, -0.2) is 4.39 Å². The van der Waals surface area contributed by atoms with Crippen molar-refractivity contribution in [3.8, 4) is 35.2 Å². The number of fused-ring (bicyclic) bond motifs is 4. The predicted octanol–water partition coefficient (Wildman–Crippen LogP) is 5.10. The zero-order chi connectivity index (χ0) is 30.7. The number of aromatic hydroxyl groups is 1. The molecule has 0 aliphatic carbocycles. The Hall–Kier alpha value is -4.21. The molecule has 2 N–H and O–H groups in total. The molecular weight excluding hydrogens is 576 g/mol. The van der Waals surface area contributed by atoms with E-state index in [2.05, 4.69) is 31.1 Å². The van der Waals surface area contributed by atoms with E-state index in [1.807, 2.05) is 11.9 Å². The van der Waals surface area contributed by atoms with Crippen molar-refractivity contribution in [2.75, 3.05) is 38.2 Å². The van der Waals surface area contributed by atoms with E-state index in [1.54, 1.807) is 0 Å². The van der Waals surface area contributed by atoms with Crippen LogP contribution in [-0.4, -0.2) is 76.4 Å². The highest BCUT2D eigenvalue weighted by molar-refractivity contribution is 6.04. The van der Waals surface area contributed by atoms with Crippen molar-refractivity contribution in [1.29, 1.82) is 0 Å². The first-order valence-electron chi connectivity index (χ1n) is 14.6. The first-order valence-corrected chi connectivity index (χ1v) is 14.6. The van der Waals surface area contributed by atoms with Gasteiger partial charge in [-0.3, -0.25) is 4.98 Å². The van der Waals surface area contributed by atoms with Crippen molar-refractivity contribution in [3.63, 3.8) is 0 Å². The smallest absolute Gasteiger partial charge is 0.419 e. The molecule has 5 heterocycles. The number of halogens is 4. The van der Waals surface area contributed by atoms with Crippen LogP contribution in [0, 0.1) is 18.2 Å². The Balaban J connectivity index is 1.47. The minimum absolute atomic E-state index is 0.0134. The molecule has 4 aromatic rings. The molecule has 12 heteroatoms. The van der Waals surface area contributed by atoms with Crippen LogP contribution in [0.3, 0.4) is 0 Å². The number of pyridine rings is 1. The number of alkyl halides is 3. The fourth-order valence-corrected chi connectivity index (χ4v) is 6.92. The van der Waals surface area contributed by atoms with Gasteiger partial charge < -0.3 is 25.0 Å². The largest absolute Gasteiger partial charge is 0.508 e. The van der Waals surface area contributed by atoms with Gasteiger partial charge in [-0.1, -0.05) is 12.0 Å². The summed E-state index contributed by atoms with van der Waals surface area (Å²) in [5.41, 5.74) is -2.25. The molecule has 0 amide bonds. The van der Waals surface area contributed by atoms with Gasteiger partial charge in [0, 0.05) is 48.4 Å². The summed E-state index contributed by atoms with van der Waals surface area (Å²) >= 11 is 0. The zero-order valence-electron chi connectivity index (χ0n) is 24.0. The van der Waals surface area contributed by atoms with E-state index in [0.717, 1.165) is 50.6 Å². The maximum Gasteiger partial charge on any atom is 0.419 e. The lowest BCUT2D eigenvalue weighted by Crippen LogP contribution is -2.51. The van der Waals surface area contributed by atoms with Gasteiger partial charge >= 0.3 is 12.2 Å². The number of hydrogen-bond donors (Lipinski definition) is 2. The second kappa shape index (κ2) is 10.7. The van der Waals surface area contributed by atoms with Gasteiger partial charge in [0.1, 0.15) is 29.2 Å². The van der Waals surface area contributed by atoms with Gasteiger partial charge in [-0.05, 0) is 68.4 Å². The summed E-state index contributed by atoms with van der Waals surface area (Å²) in [7, 11) is 1.98. The summed E-state index contributed by atoms with van der Waals surface area (Å²) < 4.78 is 66.5. The number of piperazine rings is 1. The lowest BCUT2D eigenvalue weighted by molar-refractivity contribution is -0.135. The van der Waals surface area contributed by atoms with Crippen LogP contribution in [0.15, 0.2) is 30.5 Å². The molecule has 0 spiro atoms. The van der Waals surface area contributed by atoms with Gasteiger partial charge in [0.25, 0.3) is 0 Å². The molecule has 0 saturated carbocycles. The molecule has 44 heavy (non-hydrogen) atoms. The Morgan fingerprint density at radius 3 is 2.55 bits per heavy atom. The molecule has 2 aromatic carbocycles. The molecule has 3 unspecified atom stereocenters. The molecule has 228 valence electrons. The molecule has 3 aliphatic rings. The van der Waals surface area contributed by atoms with Crippen molar-refractivity contribution in [1.82, 2.24) is 25.2 Å². The van der Waals surface area contributed by atoms with Crippen molar-refractivity contribution < 1.29 is 27.4 Å². The number of ether oxygens (including phenoxy) is 1. The number of nitrogens with zero attached hydrogens (tertiary/aromatic N) is 5. The van der Waals surface area contributed by atoms with E-state index >= 15 is 13.2 Å². The summed E-state index contributed by atoms with van der Waals surface area (Å²) in [6.07, 6.45) is 5.61. The monoisotopic (exact) mass is 606 g/mol. The van der Waals surface area contributed by atoms with Gasteiger partial charge in [-0.15, -0.1) is 6.42 Å². The van der Waals surface area contributed by atoms with Crippen LogP contribution in [0.1, 0.15) is 36.8 Å². The summed E-state index contributed by atoms with van der Waals surface area (Å²) in [6.45, 7) is 2.25.